The van der Waals surface area contributed by atoms with Crippen molar-refractivity contribution in [1.29, 1.82) is 0 Å². The zero-order valence-electron chi connectivity index (χ0n) is 12.2. The van der Waals surface area contributed by atoms with Crippen LogP contribution < -0.4 is 0 Å². The smallest absolute Gasteiger partial charge is 0.269 e. The molecule has 0 N–H and O–H groups in total. The van der Waals surface area contributed by atoms with Crippen LogP contribution in [0.1, 0.15) is 36.6 Å². The van der Waals surface area contributed by atoms with Gasteiger partial charge in [-0.25, -0.2) is 0 Å². The van der Waals surface area contributed by atoms with Crippen LogP contribution in [0.25, 0.3) is 0 Å². The average Bonchev–Trinajstić information content (AvgIpc) is 3.22. The zero-order valence-corrected chi connectivity index (χ0v) is 13.0. The molecule has 6 heteroatoms. The van der Waals surface area contributed by atoms with Crippen LogP contribution in [0.4, 0.5) is 5.69 Å². The van der Waals surface area contributed by atoms with Gasteiger partial charge in [0, 0.05) is 18.2 Å². The lowest BCUT2D eigenvalue weighted by Crippen LogP contribution is -2.41. The Morgan fingerprint density at radius 3 is 2.82 bits per heavy atom. The molecule has 0 aromatic heterocycles. The molecule has 4 atom stereocenters. The van der Waals surface area contributed by atoms with E-state index in [0.717, 1.165) is 17.9 Å². The average molecular weight is 318 g/mol. The van der Waals surface area contributed by atoms with Crippen LogP contribution in [0.2, 0.25) is 0 Å². The molecular weight excluding hydrogens is 300 g/mol. The topological polar surface area (TPSA) is 63.4 Å². The second kappa shape index (κ2) is 5.26. The number of carbonyl (C=O) groups is 1. The predicted octanol–water partition coefficient (Wildman–Crippen LogP) is 3.36. The Morgan fingerprint density at radius 2 is 2.14 bits per heavy atom. The van der Waals surface area contributed by atoms with Gasteiger partial charge in [0.25, 0.3) is 5.69 Å². The number of non-ortho nitro benzene ring substituents is 1. The molecule has 5 nitrogen and oxygen atoms in total. The number of nitro groups is 1. The minimum absolute atomic E-state index is 0.0586. The largest absolute Gasteiger partial charge is 0.323 e. The van der Waals surface area contributed by atoms with Gasteiger partial charge in [-0.2, -0.15) is 0 Å². The molecule has 1 aromatic rings. The lowest BCUT2D eigenvalue weighted by Gasteiger charge is -2.35. The second-order valence-corrected chi connectivity index (χ2v) is 7.63. The maximum Gasteiger partial charge on any atom is 0.269 e. The fourth-order valence-corrected chi connectivity index (χ4v) is 5.62. The first-order valence-corrected chi connectivity index (χ1v) is 8.85. The van der Waals surface area contributed by atoms with Crippen LogP contribution in [-0.4, -0.2) is 27.5 Å². The van der Waals surface area contributed by atoms with E-state index < -0.39 is 0 Å². The minimum atomic E-state index is -0.368. The highest BCUT2D eigenvalue weighted by molar-refractivity contribution is 8.00. The van der Waals surface area contributed by atoms with E-state index in [4.69, 9.17) is 0 Å². The predicted molar refractivity (Wildman–Crippen MR) is 84.4 cm³/mol. The van der Waals surface area contributed by atoms with E-state index in [1.807, 2.05) is 11.0 Å². The van der Waals surface area contributed by atoms with Crippen molar-refractivity contribution in [3.63, 3.8) is 0 Å². The van der Waals surface area contributed by atoms with Gasteiger partial charge in [0.2, 0.25) is 5.91 Å². The molecule has 1 amide bonds. The Balaban J connectivity index is 1.64. The Bertz CT molecular complexity index is 636. The Labute approximate surface area is 133 Å². The standard InChI is InChI=1S/C16H18N2O3S/c19-15-9-22-16(12-2-1-3-13(8-12)18(20)21)17(15)14-7-10-4-5-11(14)6-10/h1-3,8,10-11,14,16H,4-7,9H2/t10-,11+,14+,16-/m1/s1. The van der Waals surface area contributed by atoms with Crippen LogP contribution in [0.3, 0.4) is 0 Å². The number of carbonyl (C=O) groups excluding carboxylic acids is 1. The van der Waals surface area contributed by atoms with Crippen LogP contribution >= 0.6 is 11.8 Å². The summed E-state index contributed by atoms with van der Waals surface area (Å²) in [7, 11) is 0. The molecule has 0 spiro atoms. The van der Waals surface area contributed by atoms with Crippen molar-refractivity contribution in [3.05, 3.63) is 39.9 Å². The Kier molecular flexibility index (Phi) is 3.36. The van der Waals surface area contributed by atoms with E-state index in [9.17, 15) is 14.9 Å². The van der Waals surface area contributed by atoms with Crippen LogP contribution in [0.5, 0.6) is 0 Å². The van der Waals surface area contributed by atoms with Crippen molar-refractivity contribution in [1.82, 2.24) is 4.90 Å². The van der Waals surface area contributed by atoms with Crippen LogP contribution in [-0.2, 0) is 4.79 Å². The molecule has 4 rings (SSSR count). The van der Waals surface area contributed by atoms with Gasteiger partial charge in [-0.05, 0) is 36.7 Å². The minimum Gasteiger partial charge on any atom is -0.323 e. The molecule has 22 heavy (non-hydrogen) atoms. The molecule has 2 bridgehead atoms. The van der Waals surface area contributed by atoms with E-state index in [-0.39, 0.29) is 21.9 Å². The number of amides is 1. The van der Waals surface area contributed by atoms with E-state index >= 15 is 0 Å². The number of nitro benzene ring substituents is 1. The Hall–Kier alpha value is -1.56. The first kappa shape index (κ1) is 14.1. The zero-order chi connectivity index (χ0) is 15.3. The summed E-state index contributed by atoms with van der Waals surface area (Å²) < 4.78 is 0. The number of nitrogens with zero attached hydrogens (tertiary/aromatic N) is 2. The molecule has 0 unspecified atom stereocenters. The summed E-state index contributed by atoms with van der Waals surface area (Å²) in [5.41, 5.74) is 0.984. The van der Waals surface area contributed by atoms with Gasteiger partial charge in [-0.15, -0.1) is 11.8 Å². The van der Waals surface area contributed by atoms with Crippen molar-refractivity contribution < 1.29 is 9.72 Å². The van der Waals surface area contributed by atoms with Crippen LogP contribution in [0, 0.1) is 22.0 Å². The summed E-state index contributed by atoms with van der Waals surface area (Å²) >= 11 is 1.60. The highest BCUT2D eigenvalue weighted by atomic mass is 32.2. The van der Waals surface area contributed by atoms with Crippen molar-refractivity contribution >= 4 is 23.4 Å². The molecule has 3 aliphatic rings. The normalized spacial score (nSPS) is 33.6. The molecule has 0 radical (unpaired) electrons. The summed E-state index contributed by atoms with van der Waals surface area (Å²) in [6.07, 6.45) is 4.90. The lowest BCUT2D eigenvalue weighted by molar-refractivity contribution is -0.384. The van der Waals surface area contributed by atoms with Crippen molar-refractivity contribution in [2.24, 2.45) is 11.8 Å². The van der Waals surface area contributed by atoms with Gasteiger partial charge in [-0.1, -0.05) is 18.6 Å². The summed E-state index contributed by atoms with van der Waals surface area (Å²) in [5.74, 6) is 2.09. The second-order valence-electron chi connectivity index (χ2n) is 6.56. The van der Waals surface area contributed by atoms with Gasteiger partial charge in [0.1, 0.15) is 5.37 Å². The van der Waals surface area contributed by atoms with Gasteiger partial charge >= 0.3 is 0 Å². The molecular formula is C16H18N2O3S. The van der Waals surface area contributed by atoms with Crippen molar-refractivity contribution in [2.45, 2.75) is 37.1 Å². The van der Waals surface area contributed by atoms with Crippen LogP contribution in [0.15, 0.2) is 24.3 Å². The number of thioether (sulfide) groups is 1. The summed E-state index contributed by atoms with van der Waals surface area (Å²) in [5, 5.41) is 10.9. The van der Waals surface area contributed by atoms with Gasteiger partial charge < -0.3 is 4.90 Å². The highest BCUT2D eigenvalue weighted by Crippen LogP contribution is 2.51. The van der Waals surface area contributed by atoms with Gasteiger partial charge in [0.05, 0.1) is 10.7 Å². The number of hydrogen-bond acceptors (Lipinski definition) is 4. The number of fused-ring (bicyclic) bond motifs is 2. The quantitative estimate of drug-likeness (QED) is 0.633. The third-order valence-electron chi connectivity index (χ3n) is 5.33. The van der Waals surface area contributed by atoms with E-state index in [2.05, 4.69) is 0 Å². The first-order valence-electron chi connectivity index (χ1n) is 7.80. The van der Waals surface area contributed by atoms with Gasteiger partial charge in [-0.3, -0.25) is 14.9 Å². The molecule has 1 saturated heterocycles. The molecule has 116 valence electrons. The fraction of sp³-hybridized carbons (Fsp3) is 0.562. The molecule has 1 heterocycles. The lowest BCUT2D eigenvalue weighted by atomic mass is 9.93. The SMILES string of the molecule is O=C1CS[C@H](c2cccc([N+](=O)[O-])c2)N1[C@H]1C[C@@H]2CC[C@H]1C2. The first-order chi connectivity index (χ1) is 10.6. The molecule has 2 aliphatic carbocycles. The van der Waals surface area contributed by atoms with E-state index in [1.165, 1.54) is 25.3 Å². The number of benzene rings is 1. The molecule has 1 aliphatic heterocycles. The highest BCUT2D eigenvalue weighted by Gasteiger charge is 2.48. The third kappa shape index (κ3) is 2.20. The van der Waals surface area contributed by atoms with E-state index in [0.29, 0.717) is 17.7 Å². The maximum absolute atomic E-state index is 12.4. The molecule has 3 fully saturated rings. The number of rotatable bonds is 3. The van der Waals surface area contributed by atoms with Crippen molar-refractivity contribution in [3.8, 4) is 0 Å². The third-order valence-corrected chi connectivity index (χ3v) is 6.56. The summed E-state index contributed by atoms with van der Waals surface area (Å²) in [6.45, 7) is 0. The summed E-state index contributed by atoms with van der Waals surface area (Å²) in [4.78, 5) is 25.1. The Morgan fingerprint density at radius 1 is 1.27 bits per heavy atom. The number of hydrogen-bond donors (Lipinski definition) is 0. The fourth-order valence-electron chi connectivity index (χ4n) is 4.40. The maximum atomic E-state index is 12.4. The molecule has 2 saturated carbocycles. The van der Waals surface area contributed by atoms with E-state index in [1.54, 1.807) is 23.9 Å². The monoisotopic (exact) mass is 318 g/mol. The molecule has 1 aromatic carbocycles. The van der Waals surface area contributed by atoms with Crippen molar-refractivity contribution in [2.75, 3.05) is 5.75 Å². The summed E-state index contributed by atoms with van der Waals surface area (Å²) in [6, 6.07) is 7.09. The van der Waals surface area contributed by atoms with Gasteiger partial charge in [0.15, 0.2) is 0 Å².